The van der Waals surface area contributed by atoms with E-state index in [-0.39, 0.29) is 12.1 Å². The van der Waals surface area contributed by atoms with Gasteiger partial charge in [0.1, 0.15) is 0 Å². The normalized spacial score (nSPS) is 29.3. The van der Waals surface area contributed by atoms with Crippen LogP contribution in [0.15, 0.2) is 23.0 Å². The molecule has 78 valence electrons. The van der Waals surface area contributed by atoms with Gasteiger partial charge in [-0.3, -0.25) is 0 Å². The molecule has 1 N–H and O–H groups in total. The molecule has 1 aliphatic heterocycles. The molecule has 1 saturated heterocycles. The highest BCUT2D eigenvalue weighted by molar-refractivity contribution is 5.13. The second-order valence-corrected chi connectivity index (χ2v) is 3.89. The number of hydrogen-bond acceptors (Lipinski definition) is 3. The fourth-order valence-electron chi connectivity index (χ4n) is 2.10. The maximum absolute atomic E-state index is 5.83. The summed E-state index contributed by atoms with van der Waals surface area (Å²) in [6.07, 6.45) is 6.44. The number of furan rings is 1. The van der Waals surface area contributed by atoms with Gasteiger partial charge in [0, 0.05) is 5.56 Å². The largest absolute Gasteiger partial charge is 0.472 e. The van der Waals surface area contributed by atoms with E-state index in [0.29, 0.717) is 6.10 Å². The molecule has 1 aromatic rings. The molecular weight excluding hydrogens is 178 g/mol. The topological polar surface area (TPSA) is 34.4 Å². The van der Waals surface area contributed by atoms with Crippen molar-refractivity contribution in [1.82, 2.24) is 5.32 Å². The summed E-state index contributed by atoms with van der Waals surface area (Å²) in [7, 11) is 1.96. The smallest absolute Gasteiger partial charge is 0.0951 e. The molecule has 0 saturated carbocycles. The first-order chi connectivity index (χ1) is 6.81. The Hall–Kier alpha value is -0.800. The Labute approximate surface area is 84.4 Å². The molecule has 1 fully saturated rings. The van der Waals surface area contributed by atoms with Crippen molar-refractivity contribution in [3.63, 3.8) is 0 Å². The summed E-state index contributed by atoms with van der Waals surface area (Å²) in [6.45, 7) is 2.13. The molecule has 14 heavy (non-hydrogen) atoms. The minimum absolute atomic E-state index is 0.263. The molecular formula is C11H17NO2. The van der Waals surface area contributed by atoms with E-state index < -0.39 is 0 Å². The van der Waals surface area contributed by atoms with Gasteiger partial charge in [-0.05, 0) is 32.9 Å². The van der Waals surface area contributed by atoms with Crippen molar-refractivity contribution in [2.24, 2.45) is 0 Å². The maximum atomic E-state index is 5.83. The number of rotatable bonds is 3. The van der Waals surface area contributed by atoms with Gasteiger partial charge >= 0.3 is 0 Å². The molecule has 1 aromatic heterocycles. The van der Waals surface area contributed by atoms with E-state index in [0.717, 1.165) is 12.8 Å². The Morgan fingerprint density at radius 3 is 2.86 bits per heavy atom. The molecule has 3 atom stereocenters. The molecule has 3 nitrogen and oxygen atoms in total. The van der Waals surface area contributed by atoms with Crippen molar-refractivity contribution in [2.75, 3.05) is 7.05 Å². The summed E-state index contributed by atoms with van der Waals surface area (Å²) in [5.41, 5.74) is 1.17. The zero-order chi connectivity index (χ0) is 9.97. The highest BCUT2D eigenvalue weighted by Gasteiger charge is 2.30. The fraction of sp³-hybridized carbons (Fsp3) is 0.636. The molecule has 2 rings (SSSR count). The number of hydrogen-bond donors (Lipinski definition) is 1. The van der Waals surface area contributed by atoms with E-state index in [2.05, 4.69) is 12.2 Å². The first-order valence-electron chi connectivity index (χ1n) is 5.16. The van der Waals surface area contributed by atoms with Gasteiger partial charge in [-0.1, -0.05) is 0 Å². The Kier molecular flexibility index (Phi) is 2.89. The quantitative estimate of drug-likeness (QED) is 0.802. The van der Waals surface area contributed by atoms with Gasteiger partial charge < -0.3 is 14.5 Å². The van der Waals surface area contributed by atoms with Crippen molar-refractivity contribution >= 4 is 0 Å². The molecule has 3 unspecified atom stereocenters. The van der Waals surface area contributed by atoms with Crippen LogP contribution in [-0.2, 0) is 4.74 Å². The van der Waals surface area contributed by atoms with Crippen LogP contribution in [0.4, 0.5) is 0 Å². The predicted octanol–water partition coefficient (Wildman–Crippen LogP) is 2.11. The molecule has 1 aliphatic rings. The van der Waals surface area contributed by atoms with E-state index in [1.54, 1.807) is 12.5 Å². The van der Waals surface area contributed by atoms with E-state index >= 15 is 0 Å². The summed E-state index contributed by atoms with van der Waals surface area (Å²) in [5.74, 6) is 0. The van der Waals surface area contributed by atoms with Crippen LogP contribution >= 0.6 is 0 Å². The lowest BCUT2D eigenvalue weighted by atomic mass is 10.0. The van der Waals surface area contributed by atoms with Crippen LogP contribution in [0, 0.1) is 0 Å². The predicted molar refractivity (Wildman–Crippen MR) is 54.1 cm³/mol. The standard InChI is InChI=1S/C11H17NO2/c1-8-3-4-10(14-8)11(12-2)9-5-6-13-7-9/h5-8,10-12H,3-4H2,1-2H3. The first-order valence-corrected chi connectivity index (χ1v) is 5.16. The summed E-state index contributed by atoms with van der Waals surface area (Å²) in [4.78, 5) is 0. The van der Waals surface area contributed by atoms with Crippen molar-refractivity contribution in [1.29, 1.82) is 0 Å². The average Bonchev–Trinajstić information content (AvgIpc) is 2.79. The van der Waals surface area contributed by atoms with Crippen LogP contribution < -0.4 is 5.32 Å². The lowest BCUT2D eigenvalue weighted by Crippen LogP contribution is -2.29. The summed E-state index contributed by atoms with van der Waals surface area (Å²) in [5, 5.41) is 3.28. The third kappa shape index (κ3) is 1.83. The van der Waals surface area contributed by atoms with Gasteiger partial charge in [0.2, 0.25) is 0 Å². The van der Waals surface area contributed by atoms with Crippen LogP contribution in [-0.4, -0.2) is 19.3 Å². The van der Waals surface area contributed by atoms with E-state index in [9.17, 15) is 0 Å². The second-order valence-electron chi connectivity index (χ2n) is 3.89. The van der Waals surface area contributed by atoms with Gasteiger partial charge in [-0.15, -0.1) is 0 Å². The van der Waals surface area contributed by atoms with Gasteiger partial charge in [-0.25, -0.2) is 0 Å². The fourth-order valence-corrected chi connectivity index (χ4v) is 2.10. The van der Waals surface area contributed by atoms with Crippen LogP contribution in [0.3, 0.4) is 0 Å². The maximum Gasteiger partial charge on any atom is 0.0951 e. The summed E-state index contributed by atoms with van der Waals surface area (Å²) in [6, 6.07) is 2.26. The van der Waals surface area contributed by atoms with Crippen molar-refractivity contribution in [3.05, 3.63) is 24.2 Å². The third-order valence-electron chi connectivity index (χ3n) is 2.85. The number of ether oxygens (including phenoxy) is 1. The van der Waals surface area contributed by atoms with Crippen molar-refractivity contribution in [3.8, 4) is 0 Å². The molecule has 0 aromatic carbocycles. The highest BCUT2D eigenvalue weighted by atomic mass is 16.5. The highest BCUT2D eigenvalue weighted by Crippen LogP contribution is 2.29. The Morgan fingerprint density at radius 2 is 2.36 bits per heavy atom. The Morgan fingerprint density at radius 1 is 1.50 bits per heavy atom. The van der Waals surface area contributed by atoms with Crippen LogP contribution in [0.2, 0.25) is 0 Å². The summed E-state index contributed by atoms with van der Waals surface area (Å²) >= 11 is 0. The second kappa shape index (κ2) is 4.15. The number of likely N-dealkylation sites (N-methyl/N-ethyl adjacent to an activating group) is 1. The molecule has 2 heterocycles. The lowest BCUT2D eigenvalue weighted by Gasteiger charge is -2.21. The van der Waals surface area contributed by atoms with Gasteiger partial charge in [0.15, 0.2) is 0 Å². The van der Waals surface area contributed by atoms with Crippen molar-refractivity contribution < 1.29 is 9.15 Å². The monoisotopic (exact) mass is 195 g/mol. The molecule has 0 radical (unpaired) electrons. The third-order valence-corrected chi connectivity index (χ3v) is 2.85. The van der Waals surface area contributed by atoms with Crippen molar-refractivity contribution in [2.45, 2.75) is 38.0 Å². The van der Waals surface area contributed by atoms with Gasteiger partial charge in [0.25, 0.3) is 0 Å². The summed E-state index contributed by atoms with van der Waals surface area (Å²) < 4.78 is 10.9. The first kappa shape index (κ1) is 9.74. The average molecular weight is 195 g/mol. The van der Waals surface area contributed by atoms with Gasteiger partial charge in [0.05, 0.1) is 30.8 Å². The van der Waals surface area contributed by atoms with Crippen LogP contribution in [0.1, 0.15) is 31.4 Å². The van der Waals surface area contributed by atoms with E-state index in [1.807, 2.05) is 13.1 Å². The Balaban J connectivity index is 2.07. The number of nitrogens with one attached hydrogen (secondary N) is 1. The molecule has 0 aliphatic carbocycles. The molecule has 3 heteroatoms. The zero-order valence-electron chi connectivity index (χ0n) is 8.69. The van der Waals surface area contributed by atoms with Crippen LogP contribution in [0.5, 0.6) is 0 Å². The lowest BCUT2D eigenvalue weighted by molar-refractivity contribution is 0.0332. The molecule has 0 bridgehead atoms. The van der Waals surface area contributed by atoms with E-state index in [1.165, 1.54) is 5.56 Å². The zero-order valence-corrected chi connectivity index (χ0v) is 8.69. The Bertz CT molecular complexity index is 271. The SMILES string of the molecule is CNC(c1ccoc1)C1CCC(C)O1. The minimum Gasteiger partial charge on any atom is -0.472 e. The van der Waals surface area contributed by atoms with E-state index in [4.69, 9.17) is 9.15 Å². The molecule has 0 spiro atoms. The minimum atomic E-state index is 0.263. The molecule has 0 amide bonds. The van der Waals surface area contributed by atoms with Gasteiger partial charge in [-0.2, -0.15) is 0 Å². The van der Waals surface area contributed by atoms with Crippen LogP contribution in [0.25, 0.3) is 0 Å².